The van der Waals surface area contributed by atoms with E-state index < -0.39 is 0 Å². The van der Waals surface area contributed by atoms with E-state index in [2.05, 4.69) is 9.98 Å². The Morgan fingerprint density at radius 3 is 3.17 bits per heavy atom. The standard InChI is InChI=1S/C7H8N4S/c8-6-9-2-1-4-11(6)7-10-3-5-12-7/h1-3,5H,4H2,(H2,8,9). The average Bonchev–Trinajstić information content (AvgIpc) is 2.57. The highest BCUT2D eigenvalue weighted by Crippen LogP contribution is 2.17. The average molecular weight is 180 g/mol. The van der Waals surface area contributed by atoms with Crippen LogP contribution in [0.4, 0.5) is 5.13 Å². The van der Waals surface area contributed by atoms with Gasteiger partial charge in [0.25, 0.3) is 0 Å². The molecule has 62 valence electrons. The molecule has 0 unspecified atom stereocenters. The molecule has 0 saturated carbocycles. The monoisotopic (exact) mass is 180 g/mol. The second-order valence-corrected chi connectivity index (χ2v) is 3.17. The maximum atomic E-state index is 5.66. The summed E-state index contributed by atoms with van der Waals surface area (Å²) in [6.45, 7) is 0.753. The van der Waals surface area contributed by atoms with E-state index in [4.69, 9.17) is 5.73 Å². The van der Waals surface area contributed by atoms with Gasteiger partial charge in [-0.2, -0.15) is 0 Å². The summed E-state index contributed by atoms with van der Waals surface area (Å²) in [5, 5.41) is 2.81. The summed E-state index contributed by atoms with van der Waals surface area (Å²) in [6.07, 6.45) is 5.41. The Balaban J connectivity index is 2.26. The molecule has 1 aromatic rings. The van der Waals surface area contributed by atoms with E-state index in [1.165, 1.54) is 0 Å². The highest BCUT2D eigenvalue weighted by molar-refractivity contribution is 7.13. The number of hydrogen-bond acceptors (Lipinski definition) is 5. The molecule has 0 bridgehead atoms. The molecule has 1 aliphatic rings. The minimum absolute atomic E-state index is 0.507. The zero-order valence-corrected chi connectivity index (χ0v) is 7.16. The van der Waals surface area contributed by atoms with Crippen molar-refractivity contribution in [2.75, 3.05) is 11.4 Å². The smallest absolute Gasteiger partial charge is 0.202 e. The van der Waals surface area contributed by atoms with Crippen LogP contribution in [-0.4, -0.2) is 17.5 Å². The fraction of sp³-hybridized carbons (Fsp3) is 0.143. The largest absolute Gasteiger partial charge is 0.369 e. The summed E-state index contributed by atoms with van der Waals surface area (Å²) in [5.41, 5.74) is 5.66. The minimum Gasteiger partial charge on any atom is -0.369 e. The molecule has 2 heterocycles. The van der Waals surface area contributed by atoms with Crippen LogP contribution in [-0.2, 0) is 0 Å². The molecule has 0 fully saturated rings. The van der Waals surface area contributed by atoms with Gasteiger partial charge in [0.1, 0.15) is 0 Å². The predicted octanol–water partition coefficient (Wildman–Crippen LogP) is 0.791. The van der Waals surface area contributed by atoms with Crippen molar-refractivity contribution < 1.29 is 0 Å². The molecule has 0 aromatic carbocycles. The van der Waals surface area contributed by atoms with Crippen LogP contribution < -0.4 is 10.6 Å². The molecule has 4 nitrogen and oxygen atoms in total. The molecular weight excluding hydrogens is 172 g/mol. The first-order chi connectivity index (χ1) is 5.88. The summed E-state index contributed by atoms with van der Waals surface area (Å²) < 4.78 is 0. The molecule has 12 heavy (non-hydrogen) atoms. The Morgan fingerprint density at radius 1 is 1.58 bits per heavy atom. The van der Waals surface area contributed by atoms with E-state index in [0.29, 0.717) is 5.96 Å². The van der Waals surface area contributed by atoms with Gasteiger partial charge >= 0.3 is 0 Å². The molecule has 0 spiro atoms. The van der Waals surface area contributed by atoms with Gasteiger partial charge in [0.15, 0.2) is 5.13 Å². The third kappa shape index (κ3) is 1.18. The summed E-state index contributed by atoms with van der Waals surface area (Å²) in [5.74, 6) is 0.507. The van der Waals surface area contributed by atoms with Crippen LogP contribution in [0, 0.1) is 0 Å². The van der Waals surface area contributed by atoms with E-state index in [9.17, 15) is 0 Å². The van der Waals surface area contributed by atoms with E-state index in [0.717, 1.165) is 11.7 Å². The van der Waals surface area contributed by atoms with E-state index in [1.807, 2.05) is 16.4 Å². The number of hydrogen-bond donors (Lipinski definition) is 1. The fourth-order valence-corrected chi connectivity index (χ4v) is 1.63. The normalized spacial score (nSPS) is 16.3. The maximum Gasteiger partial charge on any atom is 0.202 e. The number of nitrogens with zero attached hydrogens (tertiary/aromatic N) is 3. The summed E-state index contributed by atoms with van der Waals surface area (Å²) >= 11 is 1.55. The molecule has 0 radical (unpaired) electrons. The van der Waals surface area contributed by atoms with Crippen LogP contribution in [0.25, 0.3) is 0 Å². The van der Waals surface area contributed by atoms with Crippen LogP contribution in [0.3, 0.4) is 0 Å². The fourth-order valence-electron chi connectivity index (χ4n) is 0.970. The molecule has 0 atom stereocenters. The zero-order valence-electron chi connectivity index (χ0n) is 6.34. The summed E-state index contributed by atoms with van der Waals surface area (Å²) in [6, 6.07) is 0. The van der Waals surface area contributed by atoms with Crippen molar-refractivity contribution >= 4 is 22.4 Å². The lowest BCUT2D eigenvalue weighted by Gasteiger charge is -2.20. The number of guanidine groups is 1. The first-order valence-corrected chi connectivity index (χ1v) is 4.41. The topological polar surface area (TPSA) is 54.5 Å². The van der Waals surface area contributed by atoms with Gasteiger partial charge in [-0.3, -0.25) is 4.90 Å². The van der Waals surface area contributed by atoms with Crippen LogP contribution in [0.15, 0.2) is 28.8 Å². The Bertz CT molecular complexity index is 314. The van der Waals surface area contributed by atoms with Crippen LogP contribution in [0.1, 0.15) is 0 Å². The summed E-state index contributed by atoms with van der Waals surface area (Å²) in [7, 11) is 0. The summed E-state index contributed by atoms with van der Waals surface area (Å²) in [4.78, 5) is 9.98. The number of rotatable bonds is 1. The predicted molar refractivity (Wildman–Crippen MR) is 50.2 cm³/mol. The third-order valence-electron chi connectivity index (χ3n) is 1.53. The van der Waals surface area contributed by atoms with Crippen molar-refractivity contribution in [1.29, 1.82) is 0 Å². The van der Waals surface area contributed by atoms with Crippen LogP contribution >= 0.6 is 11.3 Å². The molecule has 0 amide bonds. The van der Waals surface area contributed by atoms with Crippen molar-refractivity contribution in [1.82, 2.24) is 4.98 Å². The van der Waals surface area contributed by atoms with Gasteiger partial charge in [-0.25, -0.2) is 9.98 Å². The highest BCUT2D eigenvalue weighted by atomic mass is 32.1. The number of aromatic nitrogens is 1. The van der Waals surface area contributed by atoms with Gasteiger partial charge in [0.05, 0.1) is 0 Å². The van der Waals surface area contributed by atoms with Crippen molar-refractivity contribution in [3.63, 3.8) is 0 Å². The Kier molecular flexibility index (Phi) is 1.79. The molecule has 2 rings (SSSR count). The Morgan fingerprint density at radius 2 is 2.50 bits per heavy atom. The van der Waals surface area contributed by atoms with Gasteiger partial charge in [-0.05, 0) is 6.08 Å². The third-order valence-corrected chi connectivity index (χ3v) is 2.32. The van der Waals surface area contributed by atoms with Gasteiger partial charge in [-0.15, -0.1) is 11.3 Å². The van der Waals surface area contributed by atoms with Crippen molar-refractivity contribution in [3.8, 4) is 0 Å². The number of anilines is 1. The van der Waals surface area contributed by atoms with Gasteiger partial charge in [-0.1, -0.05) is 0 Å². The van der Waals surface area contributed by atoms with Crippen molar-refractivity contribution in [3.05, 3.63) is 23.9 Å². The van der Waals surface area contributed by atoms with Crippen molar-refractivity contribution in [2.45, 2.75) is 0 Å². The van der Waals surface area contributed by atoms with Gasteiger partial charge in [0.2, 0.25) is 5.96 Å². The van der Waals surface area contributed by atoms with Crippen LogP contribution in [0.5, 0.6) is 0 Å². The van der Waals surface area contributed by atoms with Gasteiger partial charge < -0.3 is 5.73 Å². The van der Waals surface area contributed by atoms with Crippen LogP contribution in [0.2, 0.25) is 0 Å². The first kappa shape index (κ1) is 7.30. The van der Waals surface area contributed by atoms with E-state index in [1.54, 1.807) is 23.7 Å². The second-order valence-electron chi connectivity index (χ2n) is 2.30. The lowest BCUT2D eigenvalue weighted by molar-refractivity contribution is 1.07. The Hall–Kier alpha value is -1.36. The molecule has 1 aliphatic heterocycles. The molecule has 1 aromatic heterocycles. The molecule has 0 saturated heterocycles. The molecular formula is C7H8N4S. The SMILES string of the molecule is NC1=NC=CCN1c1nccs1. The minimum atomic E-state index is 0.507. The lowest BCUT2D eigenvalue weighted by atomic mass is 10.5. The quantitative estimate of drug-likeness (QED) is 0.695. The number of thiazole rings is 1. The second kappa shape index (κ2) is 2.94. The van der Waals surface area contributed by atoms with Gasteiger partial charge in [0, 0.05) is 24.3 Å². The molecule has 5 heteroatoms. The number of aliphatic imine (C=N–C) groups is 1. The maximum absolute atomic E-state index is 5.66. The van der Waals surface area contributed by atoms with E-state index in [-0.39, 0.29) is 0 Å². The highest BCUT2D eigenvalue weighted by Gasteiger charge is 2.12. The first-order valence-electron chi connectivity index (χ1n) is 3.53. The number of nitrogens with two attached hydrogens (primary N) is 1. The molecule has 0 aliphatic carbocycles. The molecule has 2 N–H and O–H groups in total. The lowest BCUT2D eigenvalue weighted by Crippen LogP contribution is -2.38. The van der Waals surface area contributed by atoms with Crippen molar-refractivity contribution in [2.24, 2.45) is 10.7 Å². The zero-order chi connectivity index (χ0) is 8.39. The Labute approximate surface area is 74.1 Å². The van der Waals surface area contributed by atoms with E-state index >= 15 is 0 Å².